The number of nitrogens with one attached hydrogen (secondary N) is 1. The van der Waals surface area contributed by atoms with Crippen molar-refractivity contribution in [2.45, 2.75) is 64.7 Å². The van der Waals surface area contributed by atoms with E-state index < -0.39 is 0 Å². The van der Waals surface area contributed by atoms with Crippen LogP contribution in [0.1, 0.15) is 64.7 Å². The topological polar surface area (TPSA) is 49.4 Å². The van der Waals surface area contributed by atoms with Crippen molar-refractivity contribution in [2.75, 3.05) is 19.6 Å². The first kappa shape index (κ1) is 16.3. The second-order valence-electron chi connectivity index (χ2n) is 6.45. The highest BCUT2D eigenvalue weighted by atomic mass is 16.2. The van der Waals surface area contributed by atoms with Gasteiger partial charge in [-0.1, -0.05) is 26.2 Å². The zero-order valence-electron chi connectivity index (χ0n) is 13.3. The van der Waals surface area contributed by atoms with Crippen molar-refractivity contribution >= 4 is 11.8 Å². The highest BCUT2D eigenvalue weighted by Gasteiger charge is 2.40. The summed E-state index contributed by atoms with van der Waals surface area (Å²) in [6, 6.07) is 0. The average Bonchev–Trinajstić information content (AvgIpc) is 2.97. The van der Waals surface area contributed by atoms with E-state index in [2.05, 4.69) is 18.7 Å². The fourth-order valence-corrected chi connectivity index (χ4v) is 3.52. The molecule has 1 radical (unpaired) electrons. The van der Waals surface area contributed by atoms with E-state index >= 15 is 0 Å². The van der Waals surface area contributed by atoms with Gasteiger partial charge in [0.05, 0.1) is 5.41 Å². The minimum Gasteiger partial charge on any atom is -0.354 e. The van der Waals surface area contributed by atoms with Crippen LogP contribution in [0.25, 0.3) is 0 Å². The lowest BCUT2D eigenvalue weighted by molar-refractivity contribution is -0.134. The molecule has 1 aliphatic heterocycles. The first-order valence-electron chi connectivity index (χ1n) is 8.58. The maximum Gasteiger partial charge on any atom is 0.226 e. The normalized spacial score (nSPS) is 21.6. The van der Waals surface area contributed by atoms with Gasteiger partial charge in [-0.25, -0.2) is 0 Å². The Kier molecular flexibility index (Phi) is 6.07. The molecule has 0 aromatic rings. The van der Waals surface area contributed by atoms with Crippen LogP contribution in [0, 0.1) is 11.8 Å². The molecule has 0 aromatic heterocycles. The van der Waals surface area contributed by atoms with E-state index in [-0.39, 0.29) is 17.2 Å². The highest BCUT2D eigenvalue weighted by molar-refractivity contribution is 5.84. The summed E-state index contributed by atoms with van der Waals surface area (Å²) in [5.74, 6) is 0.418. The molecule has 2 rings (SSSR count). The Bertz CT molecular complexity index is 362. The van der Waals surface area contributed by atoms with Crippen LogP contribution in [0.15, 0.2) is 0 Å². The van der Waals surface area contributed by atoms with E-state index in [0.717, 1.165) is 57.9 Å². The Hall–Kier alpha value is -1.06. The molecule has 1 saturated heterocycles. The van der Waals surface area contributed by atoms with E-state index in [1.807, 2.05) is 4.90 Å². The van der Waals surface area contributed by atoms with Crippen LogP contribution >= 0.6 is 0 Å². The number of amides is 2. The first-order valence-corrected chi connectivity index (χ1v) is 8.58. The zero-order valence-corrected chi connectivity index (χ0v) is 13.3. The summed E-state index contributed by atoms with van der Waals surface area (Å²) in [5.41, 5.74) is -0.234. The van der Waals surface area contributed by atoms with Gasteiger partial charge in [-0.2, -0.15) is 0 Å². The van der Waals surface area contributed by atoms with Crippen molar-refractivity contribution in [3.8, 4) is 0 Å². The third-order valence-corrected chi connectivity index (χ3v) is 4.88. The summed E-state index contributed by atoms with van der Waals surface area (Å²) in [7, 11) is 0. The third kappa shape index (κ3) is 4.21. The molecule has 2 fully saturated rings. The Morgan fingerprint density at radius 2 is 2.24 bits per heavy atom. The molecule has 0 bridgehead atoms. The summed E-state index contributed by atoms with van der Waals surface area (Å²) in [6.45, 7) is 4.27. The predicted octanol–water partition coefficient (Wildman–Crippen LogP) is 2.68. The monoisotopic (exact) mass is 293 g/mol. The second-order valence-corrected chi connectivity index (χ2v) is 6.45. The second kappa shape index (κ2) is 7.81. The molecule has 0 aromatic carbocycles. The van der Waals surface area contributed by atoms with E-state index in [0.29, 0.717) is 19.5 Å². The third-order valence-electron chi connectivity index (χ3n) is 4.88. The largest absolute Gasteiger partial charge is 0.354 e. The SMILES string of the molecule is CCCCC1(C(=O)NCCN2CCCCC2=O)[CH]CCC1. The highest BCUT2D eigenvalue weighted by Crippen LogP contribution is 2.41. The summed E-state index contributed by atoms with van der Waals surface area (Å²) < 4.78 is 0. The molecule has 1 saturated carbocycles. The quantitative estimate of drug-likeness (QED) is 0.784. The first-order chi connectivity index (χ1) is 10.2. The van der Waals surface area contributed by atoms with Crippen molar-refractivity contribution in [3.05, 3.63) is 6.42 Å². The molecule has 2 amide bonds. The van der Waals surface area contributed by atoms with E-state index in [1.165, 1.54) is 0 Å². The number of likely N-dealkylation sites (tertiary alicyclic amines) is 1. The van der Waals surface area contributed by atoms with Crippen LogP contribution in [0.2, 0.25) is 0 Å². The van der Waals surface area contributed by atoms with Crippen molar-refractivity contribution < 1.29 is 9.59 Å². The summed E-state index contributed by atoms with van der Waals surface area (Å²) >= 11 is 0. The number of carbonyl (C=O) groups is 2. The lowest BCUT2D eigenvalue weighted by Crippen LogP contribution is -2.45. The van der Waals surface area contributed by atoms with Gasteiger partial charge < -0.3 is 10.2 Å². The minimum absolute atomic E-state index is 0.179. The Balaban J connectivity index is 1.78. The molecule has 2 aliphatic rings. The van der Waals surface area contributed by atoms with Crippen molar-refractivity contribution in [2.24, 2.45) is 5.41 Å². The zero-order chi connectivity index (χ0) is 15.1. The molecule has 1 atom stereocenters. The number of unbranched alkanes of at least 4 members (excludes halogenated alkanes) is 1. The molecule has 21 heavy (non-hydrogen) atoms. The minimum atomic E-state index is -0.234. The van der Waals surface area contributed by atoms with Gasteiger partial charge in [-0.3, -0.25) is 9.59 Å². The van der Waals surface area contributed by atoms with Crippen LogP contribution in [0.3, 0.4) is 0 Å². The van der Waals surface area contributed by atoms with Gasteiger partial charge in [-0.05, 0) is 38.5 Å². The van der Waals surface area contributed by atoms with Crippen LogP contribution < -0.4 is 5.32 Å². The molecule has 0 spiro atoms. The number of piperidine rings is 1. The number of carbonyl (C=O) groups excluding carboxylic acids is 2. The summed E-state index contributed by atoms with van der Waals surface area (Å²) in [6.07, 6.45) is 11.4. The smallest absolute Gasteiger partial charge is 0.226 e. The van der Waals surface area contributed by atoms with Gasteiger partial charge in [0.1, 0.15) is 0 Å². The van der Waals surface area contributed by atoms with Crippen LogP contribution in [0.5, 0.6) is 0 Å². The Morgan fingerprint density at radius 1 is 1.38 bits per heavy atom. The fraction of sp³-hybridized carbons (Fsp3) is 0.824. The Labute approximate surface area is 128 Å². The van der Waals surface area contributed by atoms with E-state index in [9.17, 15) is 9.59 Å². The van der Waals surface area contributed by atoms with Gasteiger partial charge in [0.25, 0.3) is 0 Å². The van der Waals surface area contributed by atoms with Crippen molar-refractivity contribution in [3.63, 3.8) is 0 Å². The molecular weight excluding hydrogens is 264 g/mol. The van der Waals surface area contributed by atoms with Gasteiger partial charge in [0.15, 0.2) is 0 Å². The van der Waals surface area contributed by atoms with Gasteiger partial charge in [-0.15, -0.1) is 0 Å². The standard InChI is InChI=1S/C17H29N2O2/c1-2-3-9-17(10-5-6-11-17)16(21)18-12-14-19-13-7-4-8-15(19)20/h10H,2-9,11-14H2,1H3,(H,18,21). The van der Waals surface area contributed by atoms with Crippen LogP contribution in [-0.2, 0) is 9.59 Å². The molecule has 1 unspecified atom stereocenters. The van der Waals surface area contributed by atoms with Gasteiger partial charge >= 0.3 is 0 Å². The molecule has 4 heteroatoms. The maximum absolute atomic E-state index is 12.6. The lowest BCUT2D eigenvalue weighted by atomic mass is 9.80. The van der Waals surface area contributed by atoms with Crippen LogP contribution in [0.4, 0.5) is 0 Å². The number of rotatable bonds is 7. The van der Waals surface area contributed by atoms with Crippen LogP contribution in [-0.4, -0.2) is 36.3 Å². The molecule has 1 N–H and O–H groups in total. The number of hydrogen-bond donors (Lipinski definition) is 1. The average molecular weight is 293 g/mol. The fourth-order valence-electron chi connectivity index (χ4n) is 3.52. The molecule has 4 nitrogen and oxygen atoms in total. The number of nitrogens with zero attached hydrogens (tertiary/aromatic N) is 1. The maximum atomic E-state index is 12.6. The molecule has 1 heterocycles. The molecule has 1 aliphatic carbocycles. The number of hydrogen-bond acceptors (Lipinski definition) is 2. The predicted molar refractivity (Wildman–Crippen MR) is 83.5 cm³/mol. The van der Waals surface area contributed by atoms with Gasteiger partial charge in [0, 0.05) is 26.1 Å². The van der Waals surface area contributed by atoms with E-state index in [1.54, 1.807) is 0 Å². The van der Waals surface area contributed by atoms with Gasteiger partial charge in [0.2, 0.25) is 11.8 Å². The molecule has 119 valence electrons. The summed E-state index contributed by atoms with van der Waals surface area (Å²) in [4.78, 5) is 26.2. The summed E-state index contributed by atoms with van der Waals surface area (Å²) in [5, 5.41) is 3.08. The van der Waals surface area contributed by atoms with Crippen molar-refractivity contribution in [1.29, 1.82) is 0 Å². The molecular formula is C17H29N2O2. The van der Waals surface area contributed by atoms with Crippen molar-refractivity contribution in [1.82, 2.24) is 10.2 Å². The lowest BCUT2D eigenvalue weighted by Gasteiger charge is -2.30. The Morgan fingerprint density at radius 3 is 2.90 bits per heavy atom. The van der Waals surface area contributed by atoms with E-state index in [4.69, 9.17) is 0 Å².